The fraction of sp³-hybridized carbons (Fsp3) is 0.364. The number of methoxy groups -OCH3 is 1. The van der Waals surface area contributed by atoms with E-state index in [-0.39, 0.29) is 0 Å². The van der Waals surface area contributed by atoms with E-state index in [2.05, 4.69) is 83.7 Å². The zero-order chi connectivity index (χ0) is 18.0. The van der Waals surface area contributed by atoms with Gasteiger partial charge >= 0.3 is 0 Å². The van der Waals surface area contributed by atoms with E-state index in [1.54, 1.807) is 7.11 Å². The molecular formula is C22H26BrNO. The van der Waals surface area contributed by atoms with E-state index in [1.807, 2.05) is 0 Å². The topological polar surface area (TPSA) is 14.2 Å². The molecule has 3 heteroatoms. The SMILES string of the molecule is CC[C@H](C)Cc1c(C)n(Cc2ccc(Br)cc2)c2ccc(OC)cc12. The lowest BCUT2D eigenvalue weighted by Gasteiger charge is -2.11. The number of nitrogens with zero attached hydrogens (tertiary/aromatic N) is 1. The Morgan fingerprint density at radius 2 is 1.84 bits per heavy atom. The van der Waals surface area contributed by atoms with Crippen molar-refractivity contribution in [1.82, 2.24) is 4.57 Å². The molecule has 25 heavy (non-hydrogen) atoms. The van der Waals surface area contributed by atoms with Crippen molar-refractivity contribution in [2.75, 3.05) is 7.11 Å². The van der Waals surface area contributed by atoms with Gasteiger partial charge in [-0.05, 0) is 60.7 Å². The summed E-state index contributed by atoms with van der Waals surface area (Å²) in [6.07, 6.45) is 2.31. The Bertz CT molecular complexity index is 864. The molecule has 0 unspecified atom stereocenters. The third-order valence-corrected chi connectivity index (χ3v) is 5.69. The van der Waals surface area contributed by atoms with Crippen LogP contribution in [-0.2, 0) is 13.0 Å². The van der Waals surface area contributed by atoms with Crippen LogP contribution < -0.4 is 4.74 Å². The molecule has 0 radical (unpaired) electrons. The van der Waals surface area contributed by atoms with E-state index in [0.29, 0.717) is 5.92 Å². The lowest BCUT2D eigenvalue weighted by atomic mass is 9.97. The van der Waals surface area contributed by atoms with Crippen molar-refractivity contribution in [3.8, 4) is 5.75 Å². The van der Waals surface area contributed by atoms with Crippen LogP contribution in [0.15, 0.2) is 46.9 Å². The summed E-state index contributed by atoms with van der Waals surface area (Å²) in [4.78, 5) is 0. The van der Waals surface area contributed by atoms with Gasteiger partial charge in [0.1, 0.15) is 5.75 Å². The van der Waals surface area contributed by atoms with Gasteiger partial charge in [-0.25, -0.2) is 0 Å². The van der Waals surface area contributed by atoms with Gasteiger partial charge < -0.3 is 9.30 Å². The number of fused-ring (bicyclic) bond motifs is 1. The first-order chi connectivity index (χ1) is 12.0. The van der Waals surface area contributed by atoms with E-state index in [9.17, 15) is 0 Å². The van der Waals surface area contributed by atoms with Gasteiger partial charge in [0, 0.05) is 27.6 Å². The smallest absolute Gasteiger partial charge is 0.119 e. The van der Waals surface area contributed by atoms with Gasteiger partial charge in [0.05, 0.1) is 7.11 Å². The van der Waals surface area contributed by atoms with Crippen molar-refractivity contribution in [2.45, 2.75) is 40.2 Å². The number of aromatic nitrogens is 1. The molecule has 0 aliphatic carbocycles. The Kier molecular flexibility index (Phi) is 5.53. The highest BCUT2D eigenvalue weighted by atomic mass is 79.9. The lowest BCUT2D eigenvalue weighted by molar-refractivity contribution is 0.415. The van der Waals surface area contributed by atoms with E-state index >= 15 is 0 Å². The van der Waals surface area contributed by atoms with Gasteiger partial charge in [-0.1, -0.05) is 48.3 Å². The second-order valence-corrected chi connectivity index (χ2v) is 7.79. The predicted molar refractivity (Wildman–Crippen MR) is 110 cm³/mol. The number of hydrogen-bond acceptors (Lipinski definition) is 1. The van der Waals surface area contributed by atoms with Gasteiger partial charge in [-0.3, -0.25) is 0 Å². The number of halogens is 1. The second-order valence-electron chi connectivity index (χ2n) is 6.88. The molecular weight excluding hydrogens is 374 g/mol. The minimum absolute atomic E-state index is 0.677. The van der Waals surface area contributed by atoms with Crippen molar-refractivity contribution in [3.05, 3.63) is 63.8 Å². The number of hydrogen-bond donors (Lipinski definition) is 0. The number of ether oxygens (including phenoxy) is 1. The molecule has 0 aliphatic heterocycles. The minimum atomic E-state index is 0.677. The predicted octanol–water partition coefficient (Wildman–Crippen LogP) is 6.36. The Morgan fingerprint density at radius 3 is 2.48 bits per heavy atom. The Morgan fingerprint density at radius 1 is 1.12 bits per heavy atom. The highest BCUT2D eigenvalue weighted by molar-refractivity contribution is 9.10. The van der Waals surface area contributed by atoms with Gasteiger partial charge in [0.25, 0.3) is 0 Å². The van der Waals surface area contributed by atoms with Crippen molar-refractivity contribution >= 4 is 26.8 Å². The molecule has 0 spiro atoms. The third-order valence-electron chi connectivity index (χ3n) is 5.16. The summed E-state index contributed by atoms with van der Waals surface area (Å²) >= 11 is 3.52. The molecule has 1 aromatic heterocycles. The fourth-order valence-electron chi connectivity index (χ4n) is 3.38. The summed E-state index contributed by atoms with van der Waals surface area (Å²) in [7, 11) is 1.74. The Labute approximate surface area is 158 Å². The zero-order valence-electron chi connectivity index (χ0n) is 15.5. The normalized spacial score (nSPS) is 12.5. The number of benzene rings is 2. The summed E-state index contributed by atoms with van der Waals surface area (Å²) in [6, 6.07) is 15.0. The van der Waals surface area contributed by atoms with E-state index in [0.717, 1.165) is 23.2 Å². The van der Waals surface area contributed by atoms with Crippen molar-refractivity contribution < 1.29 is 4.74 Å². The van der Waals surface area contributed by atoms with E-state index in [1.165, 1.54) is 34.1 Å². The molecule has 2 aromatic carbocycles. The average Bonchev–Trinajstić information content (AvgIpc) is 2.88. The maximum absolute atomic E-state index is 5.47. The highest BCUT2D eigenvalue weighted by Crippen LogP contribution is 2.32. The number of rotatable bonds is 6. The van der Waals surface area contributed by atoms with Crippen LogP contribution in [0.25, 0.3) is 10.9 Å². The molecule has 132 valence electrons. The highest BCUT2D eigenvalue weighted by Gasteiger charge is 2.16. The van der Waals surface area contributed by atoms with Crippen LogP contribution >= 0.6 is 15.9 Å². The molecule has 0 aliphatic rings. The summed E-state index contributed by atoms with van der Waals surface area (Å²) in [5.41, 5.74) is 5.43. The van der Waals surface area contributed by atoms with Crippen LogP contribution in [0.5, 0.6) is 5.75 Å². The van der Waals surface area contributed by atoms with E-state index < -0.39 is 0 Å². The molecule has 0 fully saturated rings. The lowest BCUT2D eigenvalue weighted by Crippen LogP contribution is -2.04. The second kappa shape index (κ2) is 7.65. The van der Waals surface area contributed by atoms with Crippen molar-refractivity contribution in [2.24, 2.45) is 5.92 Å². The molecule has 0 saturated heterocycles. The summed E-state index contributed by atoms with van der Waals surface area (Å²) in [6.45, 7) is 7.74. The van der Waals surface area contributed by atoms with Crippen LogP contribution in [0.4, 0.5) is 0 Å². The molecule has 0 N–H and O–H groups in total. The standard InChI is InChI=1S/C22H26BrNO/c1-5-15(2)12-20-16(3)24(14-17-6-8-18(23)9-7-17)22-11-10-19(25-4)13-21(20)22/h6-11,13,15H,5,12,14H2,1-4H3/t15-/m0/s1. The van der Waals surface area contributed by atoms with Crippen LogP contribution in [0.1, 0.15) is 37.1 Å². The molecule has 0 bridgehead atoms. The molecule has 0 amide bonds. The fourth-order valence-corrected chi connectivity index (χ4v) is 3.65. The third kappa shape index (κ3) is 3.77. The van der Waals surface area contributed by atoms with Crippen LogP contribution in [0.2, 0.25) is 0 Å². The summed E-state index contributed by atoms with van der Waals surface area (Å²) in [5, 5.41) is 1.33. The molecule has 0 saturated carbocycles. The van der Waals surface area contributed by atoms with Crippen molar-refractivity contribution in [3.63, 3.8) is 0 Å². The van der Waals surface area contributed by atoms with Crippen LogP contribution in [0.3, 0.4) is 0 Å². The first-order valence-electron chi connectivity index (χ1n) is 8.93. The largest absolute Gasteiger partial charge is 0.497 e. The Balaban J connectivity index is 2.10. The molecule has 1 heterocycles. The maximum Gasteiger partial charge on any atom is 0.119 e. The molecule has 3 aromatic rings. The van der Waals surface area contributed by atoms with Gasteiger partial charge in [0.2, 0.25) is 0 Å². The first-order valence-corrected chi connectivity index (χ1v) is 9.73. The minimum Gasteiger partial charge on any atom is -0.497 e. The van der Waals surface area contributed by atoms with Crippen LogP contribution in [-0.4, -0.2) is 11.7 Å². The molecule has 3 rings (SSSR count). The first kappa shape index (κ1) is 18.1. The van der Waals surface area contributed by atoms with Gasteiger partial charge in [-0.2, -0.15) is 0 Å². The molecule has 2 nitrogen and oxygen atoms in total. The average molecular weight is 400 g/mol. The van der Waals surface area contributed by atoms with Crippen molar-refractivity contribution in [1.29, 1.82) is 0 Å². The molecule has 1 atom stereocenters. The van der Waals surface area contributed by atoms with Gasteiger partial charge in [-0.15, -0.1) is 0 Å². The van der Waals surface area contributed by atoms with Crippen LogP contribution in [0, 0.1) is 12.8 Å². The summed E-state index contributed by atoms with van der Waals surface area (Å²) < 4.78 is 9.03. The zero-order valence-corrected chi connectivity index (χ0v) is 17.1. The monoisotopic (exact) mass is 399 g/mol. The van der Waals surface area contributed by atoms with Gasteiger partial charge in [0.15, 0.2) is 0 Å². The maximum atomic E-state index is 5.47. The quantitative estimate of drug-likeness (QED) is 0.470. The summed E-state index contributed by atoms with van der Waals surface area (Å²) in [5.74, 6) is 1.61. The Hall–Kier alpha value is -1.74. The van der Waals surface area contributed by atoms with E-state index in [4.69, 9.17) is 4.74 Å².